The van der Waals surface area contributed by atoms with Crippen LogP contribution < -0.4 is 0 Å². The number of nitrogens with zero attached hydrogens (tertiary/aromatic N) is 1. The molecular weight excluding hydrogens is 142 g/mol. The van der Waals surface area contributed by atoms with Crippen LogP contribution in [0.4, 0.5) is 0 Å². The summed E-state index contributed by atoms with van der Waals surface area (Å²) in [6, 6.07) is 2.12. The number of rotatable bonds is 2. The Morgan fingerprint density at radius 2 is 2.55 bits per heavy atom. The molecule has 0 radical (unpaired) electrons. The van der Waals surface area contributed by atoms with Crippen LogP contribution in [0.15, 0.2) is 0 Å². The van der Waals surface area contributed by atoms with Gasteiger partial charge in [0.25, 0.3) is 0 Å². The Bertz CT molecular complexity index is 147. The van der Waals surface area contributed by atoms with Gasteiger partial charge in [0.05, 0.1) is 12.7 Å². The molecule has 0 aromatic rings. The van der Waals surface area contributed by atoms with Gasteiger partial charge in [0.2, 0.25) is 0 Å². The van der Waals surface area contributed by atoms with Crippen LogP contribution in [0, 0.1) is 17.2 Å². The topological polar surface area (TPSA) is 42.2 Å². The van der Waals surface area contributed by atoms with E-state index in [4.69, 9.17) is 14.7 Å². The number of nitriles is 1. The highest BCUT2D eigenvalue weighted by Gasteiger charge is 2.23. The highest BCUT2D eigenvalue weighted by molar-refractivity contribution is 4.90. The summed E-state index contributed by atoms with van der Waals surface area (Å²) in [5.41, 5.74) is 0. The minimum Gasteiger partial charge on any atom is -0.381 e. The molecule has 1 fully saturated rings. The first-order valence-corrected chi connectivity index (χ1v) is 3.88. The van der Waals surface area contributed by atoms with Crippen molar-refractivity contribution in [3.63, 3.8) is 0 Å². The van der Waals surface area contributed by atoms with E-state index in [2.05, 4.69) is 6.07 Å². The van der Waals surface area contributed by atoms with E-state index in [0.29, 0.717) is 6.61 Å². The molecule has 62 valence electrons. The van der Waals surface area contributed by atoms with Crippen LogP contribution in [0.2, 0.25) is 0 Å². The summed E-state index contributed by atoms with van der Waals surface area (Å²) in [4.78, 5) is 0. The van der Waals surface area contributed by atoms with Crippen LogP contribution in [0.5, 0.6) is 0 Å². The molecule has 2 unspecified atom stereocenters. The first-order valence-electron chi connectivity index (χ1n) is 3.88. The van der Waals surface area contributed by atoms with E-state index in [9.17, 15) is 0 Å². The SMILES string of the molecule is COC(C#N)C1CCCOC1. The summed E-state index contributed by atoms with van der Waals surface area (Å²) < 4.78 is 10.2. The van der Waals surface area contributed by atoms with Crippen molar-refractivity contribution in [2.24, 2.45) is 5.92 Å². The first-order chi connectivity index (χ1) is 5.38. The number of hydrogen-bond acceptors (Lipinski definition) is 3. The maximum atomic E-state index is 8.65. The Labute approximate surface area is 66.9 Å². The average Bonchev–Trinajstić information content (AvgIpc) is 2.09. The molecule has 0 aromatic carbocycles. The molecule has 1 aliphatic heterocycles. The van der Waals surface area contributed by atoms with Crippen molar-refractivity contribution >= 4 is 0 Å². The molecule has 0 amide bonds. The van der Waals surface area contributed by atoms with E-state index < -0.39 is 0 Å². The molecule has 0 spiro atoms. The van der Waals surface area contributed by atoms with E-state index in [0.717, 1.165) is 19.4 Å². The number of methoxy groups -OCH3 is 1. The molecule has 1 rings (SSSR count). The summed E-state index contributed by atoms with van der Waals surface area (Å²) in [5.74, 6) is 0.277. The van der Waals surface area contributed by atoms with Crippen molar-refractivity contribution in [1.29, 1.82) is 5.26 Å². The second-order valence-corrected chi connectivity index (χ2v) is 2.76. The zero-order valence-corrected chi connectivity index (χ0v) is 6.75. The second-order valence-electron chi connectivity index (χ2n) is 2.76. The Kier molecular flexibility index (Phi) is 3.34. The zero-order chi connectivity index (χ0) is 8.10. The van der Waals surface area contributed by atoms with Crippen molar-refractivity contribution in [1.82, 2.24) is 0 Å². The fraction of sp³-hybridized carbons (Fsp3) is 0.875. The normalized spacial score (nSPS) is 27.5. The van der Waals surface area contributed by atoms with Crippen LogP contribution in [-0.4, -0.2) is 26.4 Å². The highest BCUT2D eigenvalue weighted by atomic mass is 16.5. The largest absolute Gasteiger partial charge is 0.381 e. The Morgan fingerprint density at radius 3 is 3.00 bits per heavy atom. The van der Waals surface area contributed by atoms with Gasteiger partial charge in [-0.3, -0.25) is 0 Å². The molecule has 2 atom stereocenters. The third-order valence-corrected chi connectivity index (χ3v) is 2.00. The maximum Gasteiger partial charge on any atom is 0.148 e. The predicted octanol–water partition coefficient (Wildman–Crippen LogP) is 0.952. The van der Waals surface area contributed by atoms with Crippen LogP contribution in [-0.2, 0) is 9.47 Å². The molecule has 3 heteroatoms. The van der Waals surface area contributed by atoms with E-state index in [1.807, 2.05) is 0 Å². The van der Waals surface area contributed by atoms with Crippen molar-refractivity contribution in [2.75, 3.05) is 20.3 Å². The lowest BCUT2D eigenvalue weighted by Gasteiger charge is -2.24. The molecule has 1 aliphatic rings. The standard InChI is InChI=1S/C8H13NO2/c1-10-8(5-9)7-3-2-4-11-6-7/h7-8H,2-4,6H2,1H3. The molecule has 1 heterocycles. The molecule has 1 saturated heterocycles. The van der Waals surface area contributed by atoms with Crippen LogP contribution in [0.1, 0.15) is 12.8 Å². The van der Waals surface area contributed by atoms with Crippen molar-refractivity contribution in [3.05, 3.63) is 0 Å². The van der Waals surface area contributed by atoms with Gasteiger partial charge in [0.15, 0.2) is 0 Å². The van der Waals surface area contributed by atoms with Crippen molar-refractivity contribution in [3.8, 4) is 6.07 Å². The number of hydrogen-bond donors (Lipinski definition) is 0. The predicted molar refractivity (Wildman–Crippen MR) is 40.0 cm³/mol. The van der Waals surface area contributed by atoms with Gasteiger partial charge in [0, 0.05) is 19.6 Å². The van der Waals surface area contributed by atoms with Crippen molar-refractivity contribution in [2.45, 2.75) is 18.9 Å². The van der Waals surface area contributed by atoms with Gasteiger partial charge >= 0.3 is 0 Å². The summed E-state index contributed by atoms with van der Waals surface area (Å²) in [6.07, 6.45) is 1.81. The fourth-order valence-electron chi connectivity index (χ4n) is 1.35. The van der Waals surface area contributed by atoms with Gasteiger partial charge in [-0.05, 0) is 12.8 Å². The molecule has 0 N–H and O–H groups in total. The Morgan fingerprint density at radius 1 is 1.73 bits per heavy atom. The molecular formula is C8H13NO2. The van der Waals surface area contributed by atoms with E-state index >= 15 is 0 Å². The second kappa shape index (κ2) is 4.32. The quantitative estimate of drug-likeness (QED) is 0.596. The van der Waals surface area contributed by atoms with E-state index in [1.54, 1.807) is 7.11 Å². The number of ether oxygens (including phenoxy) is 2. The van der Waals surface area contributed by atoms with Crippen LogP contribution in [0.25, 0.3) is 0 Å². The lowest BCUT2D eigenvalue weighted by molar-refractivity contribution is -0.00596. The molecule has 11 heavy (non-hydrogen) atoms. The minimum absolute atomic E-state index is 0.277. The Balaban J connectivity index is 2.38. The third-order valence-electron chi connectivity index (χ3n) is 2.00. The van der Waals surface area contributed by atoms with Gasteiger partial charge < -0.3 is 9.47 Å². The van der Waals surface area contributed by atoms with Gasteiger partial charge in [-0.25, -0.2) is 0 Å². The summed E-state index contributed by atoms with van der Waals surface area (Å²) in [6.45, 7) is 1.50. The lowest BCUT2D eigenvalue weighted by Crippen LogP contribution is -2.29. The average molecular weight is 155 g/mol. The molecule has 0 aromatic heterocycles. The van der Waals surface area contributed by atoms with Gasteiger partial charge in [-0.2, -0.15) is 5.26 Å². The van der Waals surface area contributed by atoms with Crippen LogP contribution >= 0.6 is 0 Å². The first kappa shape index (κ1) is 8.51. The molecule has 0 saturated carbocycles. The van der Waals surface area contributed by atoms with Gasteiger partial charge in [0.1, 0.15) is 6.10 Å². The lowest BCUT2D eigenvalue weighted by atomic mass is 9.97. The summed E-state index contributed by atoms with van der Waals surface area (Å²) in [7, 11) is 1.57. The highest BCUT2D eigenvalue weighted by Crippen LogP contribution is 2.18. The minimum atomic E-state index is -0.282. The monoisotopic (exact) mass is 155 g/mol. The van der Waals surface area contributed by atoms with E-state index in [1.165, 1.54) is 0 Å². The molecule has 0 bridgehead atoms. The third kappa shape index (κ3) is 2.18. The summed E-state index contributed by atoms with van der Waals surface area (Å²) in [5, 5.41) is 8.65. The maximum absolute atomic E-state index is 8.65. The van der Waals surface area contributed by atoms with Crippen molar-refractivity contribution < 1.29 is 9.47 Å². The van der Waals surface area contributed by atoms with Gasteiger partial charge in [-0.1, -0.05) is 0 Å². The smallest absolute Gasteiger partial charge is 0.148 e. The fourth-order valence-corrected chi connectivity index (χ4v) is 1.35. The summed E-state index contributed by atoms with van der Waals surface area (Å²) >= 11 is 0. The zero-order valence-electron chi connectivity index (χ0n) is 6.75. The van der Waals surface area contributed by atoms with E-state index in [-0.39, 0.29) is 12.0 Å². The van der Waals surface area contributed by atoms with Gasteiger partial charge in [-0.15, -0.1) is 0 Å². The van der Waals surface area contributed by atoms with Crippen LogP contribution in [0.3, 0.4) is 0 Å². The molecule has 0 aliphatic carbocycles. The Hall–Kier alpha value is -0.590. The molecule has 3 nitrogen and oxygen atoms in total.